The highest BCUT2D eigenvalue weighted by molar-refractivity contribution is 5.21. The summed E-state index contributed by atoms with van der Waals surface area (Å²) in [5.74, 6) is 2.03. The van der Waals surface area contributed by atoms with Gasteiger partial charge in [0.1, 0.15) is 11.9 Å². The van der Waals surface area contributed by atoms with Gasteiger partial charge in [0, 0.05) is 6.42 Å². The van der Waals surface area contributed by atoms with E-state index >= 15 is 0 Å². The lowest BCUT2D eigenvalue weighted by Gasteiger charge is -2.12. The van der Waals surface area contributed by atoms with Crippen LogP contribution in [0.15, 0.2) is 66.9 Å². The van der Waals surface area contributed by atoms with E-state index < -0.39 is 0 Å². The van der Waals surface area contributed by atoms with Gasteiger partial charge in [-0.05, 0) is 42.7 Å². The molecule has 0 aliphatic rings. The standard InChI is InChI=1S/C45H73N2/c1-4-6-8-10-11-12-13-14-15-16-17-18-19-20-21-23-31-37-47-44(38-41(3)43-34-28-25-29-35-43)40-46(36-30-22-9-7-5-2)45(47)39-42-32-26-24-27-33-42/h24-29,32-35,40-41H,4-23,30-31,36-39H2,1-3H3/q+1. The molecule has 0 aliphatic heterocycles. The molecule has 0 saturated heterocycles. The summed E-state index contributed by atoms with van der Waals surface area (Å²) in [6, 6.07) is 22.3. The van der Waals surface area contributed by atoms with Crippen LogP contribution in [0.4, 0.5) is 0 Å². The maximum absolute atomic E-state index is 2.74. The summed E-state index contributed by atoms with van der Waals surface area (Å²) in [5, 5.41) is 0. The Hall–Kier alpha value is -2.35. The molecule has 2 aromatic carbocycles. The molecule has 1 atom stereocenters. The maximum Gasteiger partial charge on any atom is 0.261 e. The molecule has 47 heavy (non-hydrogen) atoms. The van der Waals surface area contributed by atoms with E-state index in [1.807, 2.05) is 0 Å². The van der Waals surface area contributed by atoms with Gasteiger partial charge in [0.25, 0.3) is 5.82 Å². The largest absolute Gasteiger partial charge is 0.261 e. The third-order valence-electron chi connectivity index (χ3n) is 10.4. The Labute approximate surface area is 291 Å². The zero-order valence-corrected chi connectivity index (χ0v) is 31.2. The zero-order chi connectivity index (χ0) is 33.2. The number of aromatic nitrogens is 2. The highest BCUT2D eigenvalue weighted by Crippen LogP contribution is 2.21. The molecule has 1 unspecified atom stereocenters. The molecule has 0 radical (unpaired) electrons. The molecule has 0 N–H and O–H groups in total. The van der Waals surface area contributed by atoms with Crippen LogP contribution in [0.1, 0.15) is 191 Å². The number of benzene rings is 2. The minimum atomic E-state index is 0.517. The Balaban J connectivity index is 1.49. The summed E-state index contributed by atoms with van der Waals surface area (Å²) < 4.78 is 5.38. The molecule has 2 heteroatoms. The van der Waals surface area contributed by atoms with Gasteiger partial charge >= 0.3 is 0 Å². The second kappa shape index (κ2) is 25.6. The minimum Gasteiger partial charge on any atom is -0.234 e. The predicted molar refractivity (Wildman–Crippen MR) is 205 cm³/mol. The highest BCUT2D eigenvalue weighted by Gasteiger charge is 2.25. The van der Waals surface area contributed by atoms with Crippen molar-refractivity contribution in [3.63, 3.8) is 0 Å². The van der Waals surface area contributed by atoms with Gasteiger partial charge in [0.15, 0.2) is 0 Å². The van der Waals surface area contributed by atoms with Crippen molar-refractivity contribution in [1.29, 1.82) is 0 Å². The van der Waals surface area contributed by atoms with Crippen molar-refractivity contribution in [1.82, 2.24) is 4.57 Å². The molecule has 0 amide bonds. The van der Waals surface area contributed by atoms with Crippen LogP contribution in [0.25, 0.3) is 0 Å². The number of hydrogen-bond donors (Lipinski definition) is 0. The van der Waals surface area contributed by atoms with Gasteiger partial charge in [0.05, 0.1) is 19.5 Å². The molecule has 2 nitrogen and oxygen atoms in total. The second-order valence-corrected chi connectivity index (χ2v) is 14.6. The topological polar surface area (TPSA) is 8.81 Å². The van der Waals surface area contributed by atoms with E-state index in [-0.39, 0.29) is 0 Å². The van der Waals surface area contributed by atoms with Crippen LogP contribution in [0, 0.1) is 0 Å². The van der Waals surface area contributed by atoms with Gasteiger partial charge in [-0.15, -0.1) is 0 Å². The Kier molecular flexibility index (Phi) is 21.3. The smallest absolute Gasteiger partial charge is 0.234 e. The van der Waals surface area contributed by atoms with Crippen molar-refractivity contribution in [2.75, 3.05) is 0 Å². The molecule has 0 saturated carbocycles. The molecule has 1 aromatic heterocycles. The number of imidazole rings is 1. The molecular weight excluding hydrogens is 569 g/mol. The first-order chi connectivity index (χ1) is 23.2. The fraction of sp³-hybridized carbons (Fsp3) is 0.667. The van der Waals surface area contributed by atoms with Crippen molar-refractivity contribution in [2.24, 2.45) is 0 Å². The van der Waals surface area contributed by atoms with Crippen molar-refractivity contribution in [3.8, 4) is 0 Å². The van der Waals surface area contributed by atoms with Crippen molar-refractivity contribution >= 4 is 0 Å². The van der Waals surface area contributed by atoms with Crippen LogP contribution in [-0.2, 0) is 25.9 Å². The third-order valence-corrected chi connectivity index (χ3v) is 10.4. The van der Waals surface area contributed by atoms with E-state index in [2.05, 4.69) is 96.8 Å². The van der Waals surface area contributed by atoms with E-state index in [0.29, 0.717) is 5.92 Å². The first-order valence-electron chi connectivity index (χ1n) is 20.4. The Morgan fingerprint density at radius 3 is 1.49 bits per heavy atom. The maximum atomic E-state index is 2.74. The first kappa shape index (κ1) is 39.1. The van der Waals surface area contributed by atoms with Crippen molar-refractivity contribution in [2.45, 2.75) is 194 Å². The van der Waals surface area contributed by atoms with E-state index in [4.69, 9.17) is 0 Å². The van der Waals surface area contributed by atoms with Gasteiger partial charge in [-0.2, -0.15) is 0 Å². The average molecular weight is 642 g/mol. The van der Waals surface area contributed by atoms with Gasteiger partial charge in [-0.1, -0.05) is 197 Å². The molecule has 0 spiro atoms. The molecule has 3 rings (SSSR count). The monoisotopic (exact) mass is 642 g/mol. The second-order valence-electron chi connectivity index (χ2n) is 14.6. The molecule has 0 aliphatic carbocycles. The third kappa shape index (κ3) is 16.5. The Morgan fingerprint density at radius 1 is 0.532 bits per heavy atom. The van der Waals surface area contributed by atoms with Crippen LogP contribution >= 0.6 is 0 Å². The van der Waals surface area contributed by atoms with Crippen LogP contribution in [0.3, 0.4) is 0 Å². The quantitative estimate of drug-likeness (QED) is 0.0527. The Morgan fingerprint density at radius 2 is 0.979 bits per heavy atom. The Bertz CT molecular complexity index is 1130. The lowest BCUT2D eigenvalue weighted by Crippen LogP contribution is -2.41. The molecular formula is C45H73N2+. The van der Waals surface area contributed by atoms with Crippen molar-refractivity contribution in [3.05, 3.63) is 89.5 Å². The van der Waals surface area contributed by atoms with E-state index in [1.54, 1.807) is 0 Å². The fourth-order valence-electron chi connectivity index (χ4n) is 7.34. The van der Waals surface area contributed by atoms with E-state index in [9.17, 15) is 0 Å². The van der Waals surface area contributed by atoms with E-state index in [1.165, 1.54) is 164 Å². The van der Waals surface area contributed by atoms with Gasteiger partial charge in [-0.3, -0.25) is 0 Å². The van der Waals surface area contributed by atoms with Crippen LogP contribution in [0.2, 0.25) is 0 Å². The predicted octanol–water partition coefficient (Wildman–Crippen LogP) is 13.3. The lowest BCUT2D eigenvalue weighted by molar-refractivity contribution is -0.710. The van der Waals surface area contributed by atoms with Gasteiger partial charge < -0.3 is 0 Å². The summed E-state index contributed by atoms with van der Waals surface area (Å²) in [7, 11) is 0. The summed E-state index contributed by atoms with van der Waals surface area (Å²) in [6.45, 7) is 9.33. The number of unbranched alkanes of at least 4 members (excludes halogenated alkanes) is 20. The average Bonchev–Trinajstić information content (AvgIpc) is 3.41. The van der Waals surface area contributed by atoms with E-state index in [0.717, 1.165) is 25.9 Å². The zero-order valence-electron chi connectivity index (χ0n) is 31.2. The number of aryl methyl sites for hydroxylation is 1. The summed E-state index contributed by atoms with van der Waals surface area (Å²) in [4.78, 5) is 0. The van der Waals surface area contributed by atoms with Crippen LogP contribution < -0.4 is 4.57 Å². The molecule has 262 valence electrons. The lowest BCUT2D eigenvalue weighted by atomic mass is 9.96. The molecule has 0 fully saturated rings. The van der Waals surface area contributed by atoms with Gasteiger partial charge in [-0.25, -0.2) is 9.13 Å². The van der Waals surface area contributed by atoms with Crippen LogP contribution in [0.5, 0.6) is 0 Å². The number of rotatable bonds is 29. The number of hydrogen-bond acceptors (Lipinski definition) is 0. The number of nitrogens with zero attached hydrogens (tertiary/aromatic N) is 2. The van der Waals surface area contributed by atoms with Crippen LogP contribution in [-0.4, -0.2) is 4.57 Å². The fourth-order valence-corrected chi connectivity index (χ4v) is 7.34. The SMILES string of the molecule is CCCCCCCCCCCCCCCCCCC[n+]1c(CC(C)c2ccccc2)cn(CCCCCCC)c1Cc1ccccc1. The summed E-state index contributed by atoms with van der Waals surface area (Å²) in [5.41, 5.74) is 4.41. The summed E-state index contributed by atoms with van der Waals surface area (Å²) in [6.07, 6.45) is 35.5. The highest BCUT2D eigenvalue weighted by atomic mass is 15.2. The minimum absolute atomic E-state index is 0.517. The normalized spacial score (nSPS) is 12.1. The first-order valence-corrected chi connectivity index (χ1v) is 20.4. The van der Waals surface area contributed by atoms with Gasteiger partial charge in [0.2, 0.25) is 0 Å². The molecule has 3 aromatic rings. The molecule has 1 heterocycles. The summed E-state index contributed by atoms with van der Waals surface area (Å²) >= 11 is 0. The molecule has 0 bridgehead atoms. The van der Waals surface area contributed by atoms with Crippen molar-refractivity contribution < 1.29 is 4.57 Å².